The summed E-state index contributed by atoms with van der Waals surface area (Å²) in [6.07, 6.45) is -9.55. The normalized spacial score (nSPS) is 12.7. The van der Waals surface area contributed by atoms with Crippen molar-refractivity contribution < 1.29 is 56.3 Å². The van der Waals surface area contributed by atoms with Gasteiger partial charge >= 0.3 is 18.1 Å². The zero-order valence-electron chi connectivity index (χ0n) is 16.0. The minimum Gasteiger partial charge on any atom is -0.504 e. The van der Waals surface area contributed by atoms with Crippen molar-refractivity contribution in [2.24, 2.45) is 0 Å². The van der Waals surface area contributed by atoms with Crippen molar-refractivity contribution in [3.05, 3.63) is 66.6 Å². The van der Waals surface area contributed by atoms with Crippen molar-refractivity contribution in [3.63, 3.8) is 0 Å². The van der Waals surface area contributed by atoms with Gasteiger partial charge in [-0.3, -0.25) is 4.79 Å². The number of carbonyl (C=O) groups excluding carboxylic acids is 1. The van der Waals surface area contributed by atoms with E-state index in [0.717, 1.165) is 10.9 Å². The minimum absolute atomic E-state index is 0. The number of pyridine rings is 1. The van der Waals surface area contributed by atoms with Crippen LogP contribution in [0.1, 0.15) is 0 Å². The number of aliphatic hydroxyl groups is 1. The van der Waals surface area contributed by atoms with Crippen molar-refractivity contribution in [2.45, 2.75) is 12.4 Å². The summed E-state index contributed by atoms with van der Waals surface area (Å²) >= 11 is 1.85. The molecule has 0 aliphatic carbocycles. The summed E-state index contributed by atoms with van der Waals surface area (Å²) < 4.78 is 71.0. The molecule has 5 aromatic rings. The van der Waals surface area contributed by atoms with E-state index in [2.05, 4.69) is 41.4 Å². The Hall–Kier alpha value is -2.75. The molecule has 0 saturated carbocycles. The number of allylic oxidation sites excluding steroid dienone is 2. The third-order valence-electron chi connectivity index (χ3n) is 4.64. The summed E-state index contributed by atoms with van der Waals surface area (Å²) in [5.41, 5.74) is 1.06. The molecular weight excluding hydrogens is 649 g/mol. The number of aromatic nitrogens is 1. The van der Waals surface area contributed by atoms with E-state index in [1.165, 1.54) is 30.9 Å². The Kier molecular flexibility index (Phi) is 6.70. The number of hydrogen-bond acceptors (Lipinski definition) is 3. The van der Waals surface area contributed by atoms with Crippen molar-refractivity contribution in [1.29, 1.82) is 0 Å². The van der Waals surface area contributed by atoms with Crippen molar-refractivity contribution in [1.82, 2.24) is 4.98 Å². The van der Waals surface area contributed by atoms with E-state index in [0.29, 0.717) is 0 Å². The van der Waals surface area contributed by atoms with Crippen LogP contribution in [0.25, 0.3) is 41.8 Å². The summed E-state index contributed by atoms with van der Waals surface area (Å²) in [7, 11) is 0. The van der Waals surface area contributed by atoms with E-state index in [4.69, 9.17) is 9.90 Å². The molecule has 0 spiro atoms. The molecule has 33 heavy (non-hydrogen) atoms. The third kappa shape index (κ3) is 4.66. The standard InChI is InChI=1S/C17H8NS.C5H2F6O2.Ir/c1-4-10-11-6-3-9-18-17(11)12-5-2-8-14-16(12)15(10)13(7-1)19-14;6-4(7,8)2(12)1-3(13)5(9,10)11;/h1-4,6-9H;1,12H;/q-1;;/p+1/b;2-1-;. The van der Waals surface area contributed by atoms with E-state index in [-0.39, 0.29) is 20.1 Å². The Morgan fingerprint density at radius 3 is 2.27 bits per heavy atom. The van der Waals surface area contributed by atoms with Gasteiger partial charge in [0.15, 0.2) is 0 Å². The molecule has 0 unspecified atom stereocenters. The molecule has 0 aliphatic heterocycles. The van der Waals surface area contributed by atoms with Crippen LogP contribution < -0.4 is 0 Å². The molecule has 0 bridgehead atoms. The van der Waals surface area contributed by atoms with Gasteiger partial charge < -0.3 is 10.1 Å². The van der Waals surface area contributed by atoms with Crippen LogP contribution in [0, 0.1) is 6.07 Å². The second-order valence-corrected chi connectivity index (χ2v) is 7.77. The second kappa shape index (κ2) is 8.89. The van der Waals surface area contributed by atoms with Crippen LogP contribution in [0.15, 0.2) is 60.5 Å². The average Bonchev–Trinajstić information content (AvgIpc) is 3.12. The van der Waals surface area contributed by atoms with Gasteiger partial charge in [0.2, 0.25) is 5.76 Å². The van der Waals surface area contributed by atoms with Crippen LogP contribution in [-0.2, 0) is 20.1 Å². The zero-order chi connectivity index (χ0) is 23.3. The first-order chi connectivity index (χ1) is 15.0. The number of hydrogen-bond donors (Lipinski definition) is 1. The summed E-state index contributed by atoms with van der Waals surface area (Å²) in [5, 5.41) is 14.3. The first kappa shape index (κ1) is 24.9. The number of benzene rings is 3. The van der Waals surface area contributed by atoms with Gasteiger partial charge in [-0.15, -0.1) is 23.6 Å². The van der Waals surface area contributed by atoms with Crippen molar-refractivity contribution in [3.8, 4) is 0 Å². The number of thiophene rings is 1. The molecule has 2 N–H and O–H groups in total. The fourth-order valence-corrected chi connectivity index (χ4v) is 4.47. The summed E-state index contributed by atoms with van der Waals surface area (Å²) in [5.74, 6) is -5.02. The second-order valence-electron chi connectivity index (χ2n) is 6.68. The number of rotatable bonds is 1. The van der Waals surface area contributed by atoms with E-state index < -0.39 is 30.0 Å². The number of aliphatic hydroxyl groups excluding tert-OH is 1. The van der Waals surface area contributed by atoms with Crippen LogP contribution in [0.2, 0.25) is 0 Å². The maximum atomic E-state index is 11.4. The molecule has 11 heteroatoms. The smallest absolute Gasteiger partial charge is 0.504 e. The van der Waals surface area contributed by atoms with Crippen LogP contribution in [0.3, 0.4) is 0 Å². The number of halogens is 6. The maximum Gasteiger partial charge on any atom is 0.509 e. The van der Waals surface area contributed by atoms with Crippen LogP contribution in [0.4, 0.5) is 26.3 Å². The Morgan fingerprint density at radius 2 is 1.61 bits per heavy atom. The number of fused-ring (bicyclic) bond motifs is 3. The first-order valence-corrected chi connectivity index (χ1v) is 9.73. The van der Waals surface area contributed by atoms with Gasteiger partial charge in [0.1, 0.15) is 0 Å². The Morgan fingerprint density at radius 1 is 0.939 bits per heavy atom. The van der Waals surface area contributed by atoms with Gasteiger partial charge in [0, 0.05) is 31.0 Å². The molecule has 2 heterocycles. The zero-order valence-corrected chi connectivity index (χ0v) is 19.3. The molecule has 0 atom stereocenters. The Labute approximate surface area is 199 Å². The monoisotopic (exact) mass is 660 g/mol. The van der Waals surface area contributed by atoms with E-state index >= 15 is 0 Å². The Bertz CT molecular complexity index is 1410. The van der Waals surface area contributed by atoms with Crippen LogP contribution in [0.5, 0.6) is 0 Å². The van der Waals surface area contributed by atoms with Gasteiger partial charge in [0.05, 0.1) is 6.08 Å². The summed E-state index contributed by atoms with van der Waals surface area (Å²) in [6.45, 7) is 0. The molecule has 0 aliphatic rings. The first-order valence-electron chi connectivity index (χ1n) is 8.91. The maximum absolute atomic E-state index is 11.4. The van der Waals surface area contributed by atoms with Gasteiger partial charge in [-0.2, -0.15) is 37.7 Å². The van der Waals surface area contributed by atoms with Gasteiger partial charge in [-0.05, 0) is 38.5 Å². The fourth-order valence-electron chi connectivity index (χ4n) is 3.33. The molecule has 0 fully saturated rings. The summed E-state index contributed by atoms with van der Waals surface area (Å²) in [6, 6.07) is 18.3. The average molecular weight is 660 g/mol. The molecule has 1 radical (unpaired) electrons. The molecule has 0 saturated heterocycles. The topological polar surface area (TPSA) is 54.5 Å². The largest absolute Gasteiger partial charge is 0.509 e. The predicted molar refractivity (Wildman–Crippen MR) is 112 cm³/mol. The van der Waals surface area contributed by atoms with Crippen molar-refractivity contribution in [2.75, 3.05) is 0 Å². The molecule has 0 amide bonds. The van der Waals surface area contributed by atoms with E-state index in [1.807, 2.05) is 29.7 Å². The van der Waals surface area contributed by atoms with E-state index in [9.17, 15) is 26.3 Å². The number of alkyl halides is 6. The SMILES string of the molecule is O/C(=C\C(=[OH+])C(F)(F)F)C(F)(F)F.[Ir].[c-]1ccc2sc3cccc4c5cccnc5c1c2c34. The molecule has 3 nitrogen and oxygen atoms in total. The predicted octanol–water partition coefficient (Wildman–Crippen LogP) is 7.09. The quantitative estimate of drug-likeness (QED) is 0.0522. The Balaban J connectivity index is 0.000000196. The van der Waals surface area contributed by atoms with Gasteiger partial charge in [-0.25, -0.2) is 0 Å². The molecule has 3 aromatic carbocycles. The van der Waals surface area contributed by atoms with E-state index in [1.54, 1.807) is 0 Å². The molecule has 2 aromatic heterocycles. The van der Waals surface area contributed by atoms with Crippen molar-refractivity contribution >= 4 is 59.0 Å². The van der Waals surface area contributed by atoms with Crippen LogP contribution in [-0.4, -0.2) is 33.0 Å². The van der Waals surface area contributed by atoms with Gasteiger partial charge in [-0.1, -0.05) is 23.6 Å². The fraction of sp³-hybridized carbons (Fsp3) is 0.0909. The third-order valence-corrected chi connectivity index (χ3v) is 5.76. The summed E-state index contributed by atoms with van der Waals surface area (Å²) in [4.78, 5) is 12.6. The van der Waals surface area contributed by atoms with Gasteiger partial charge in [0.25, 0.3) is 0 Å². The minimum atomic E-state index is -5.31. The van der Waals surface area contributed by atoms with Crippen LogP contribution >= 0.6 is 11.3 Å². The molecule has 173 valence electrons. The molecular formula is C22H11F6IrNO2S. The number of ketones is 1. The molecule has 5 rings (SSSR count). The number of nitrogens with zero attached hydrogens (tertiary/aromatic N) is 1.